The highest BCUT2D eigenvalue weighted by molar-refractivity contribution is 7.89. The van der Waals surface area contributed by atoms with Gasteiger partial charge in [-0.1, -0.05) is 12.8 Å². The fourth-order valence-corrected chi connectivity index (χ4v) is 3.78. The maximum atomic E-state index is 11.9. The number of hydrogen-bond donors (Lipinski definition) is 2. The van der Waals surface area contributed by atoms with Crippen LogP contribution in [0.25, 0.3) is 0 Å². The number of sulfonamides is 1. The minimum atomic E-state index is -3.11. The molecule has 106 valence electrons. The maximum Gasteiger partial charge on any atom is 0.213 e. The van der Waals surface area contributed by atoms with Crippen LogP contribution < -0.4 is 10.0 Å². The maximum absolute atomic E-state index is 11.9. The van der Waals surface area contributed by atoms with Gasteiger partial charge in [-0.3, -0.25) is 4.90 Å². The van der Waals surface area contributed by atoms with Crippen LogP contribution in [-0.2, 0) is 10.0 Å². The Bertz CT molecular complexity index is 348. The van der Waals surface area contributed by atoms with E-state index in [-0.39, 0.29) is 11.8 Å². The van der Waals surface area contributed by atoms with Gasteiger partial charge in [-0.25, -0.2) is 13.1 Å². The van der Waals surface area contributed by atoms with Crippen molar-refractivity contribution in [2.45, 2.75) is 32.2 Å². The van der Waals surface area contributed by atoms with Gasteiger partial charge in [0, 0.05) is 38.8 Å². The lowest BCUT2D eigenvalue weighted by molar-refractivity contribution is 0.253. The van der Waals surface area contributed by atoms with Gasteiger partial charge in [-0.2, -0.15) is 0 Å². The first-order valence-electron chi connectivity index (χ1n) is 6.98. The van der Waals surface area contributed by atoms with Crippen LogP contribution in [0, 0.1) is 5.92 Å². The molecule has 18 heavy (non-hydrogen) atoms. The minimum absolute atomic E-state index is 0.0884. The van der Waals surface area contributed by atoms with E-state index in [4.69, 9.17) is 0 Å². The van der Waals surface area contributed by atoms with Gasteiger partial charge >= 0.3 is 0 Å². The van der Waals surface area contributed by atoms with Crippen molar-refractivity contribution in [2.24, 2.45) is 5.92 Å². The topological polar surface area (TPSA) is 61.4 Å². The highest BCUT2D eigenvalue weighted by Gasteiger charge is 2.25. The van der Waals surface area contributed by atoms with Crippen LogP contribution in [0.2, 0.25) is 0 Å². The van der Waals surface area contributed by atoms with Gasteiger partial charge in [0.05, 0.1) is 5.75 Å². The Morgan fingerprint density at radius 3 is 2.61 bits per heavy atom. The molecule has 1 unspecified atom stereocenters. The van der Waals surface area contributed by atoms with Gasteiger partial charge in [0.15, 0.2) is 0 Å². The zero-order valence-electron chi connectivity index (χ0n) is 11.2. The number of hydrogen-bond acceptors (Lipinski definition) is 4. The standard InChI is InChI=1S/C12H25N3O2S/c1-11(10-12-2-3-12)14-18(16,17)9-8-15-6-4-13-5-7-15/h11-14H,2-10H2,1H3. The molecule has 5 nitrogen and oxygen atoms in total. The van der Waals surface area contributed by atoms with Gasteiger partial charge in [0.25, 0.3) is 0 Å². The minimum Gasteiger partial charge on any atom is -0.314 e. The lowest BCUT2D eigenvalue weighted by Gasteiger charge is -2.27. The summed E-state index contributed by atoms with van der Waals surface area (Å²) in [6, 6.07) is 0.0884. The molecule has 2 rings (SSSR count). The largest absolute Gasteiger partial charge is 0.314 e. The van der Waals surface area contributed by atoms with Crippen molar-refractivity contribution >= 4 is 10.0 Å². The van der Waals surface area contributed by atoms with Crippen LogP contribution in [-0.4, -0.2) is 57.8 Å². The first-order valence-corrected chi connectivity index (χ1v) is 8.63. The quantitative estimate of drug-likeness (QED) is 0.686. The molecule has 1 aliphatic carbocycles. The van der Waals surface area contributed by atoms with E-state index in [1.165, 1.54) is 12.8 Å². The summed E-state index contributed by atoms with van der Waals surface area (Å²) < 4.78 is 26.7. The summed E-state index contributed by atoms with van der Waals surface area (Å²) in [6.07, 6.45) is 3.53. The Morgan fingerprint density at radius 1 is 1.33 bits per heavy atom. The second-order valence-electron chi connectivity index (χ2n) is 5.61. The summed E-state index contributed by atoms with van der Waals surface area (Å²) >= 11 is 0. The number of piperazine rings is 1. The van der Waals surface area contributed by atoms with E-state index in [9.17, 15) is 8.42 Å². The average Bonchev–Trinajstić information content (AvgIpc) is 3.11. The molecule has 2 N–H and O–H groups in total. The summed E-state index contributed by atoms with van der Waals surface area (Å²) in [7, 11) is -3.11. The van der Waals surface area contributed by atoms with Crippen molar-refractivity contribution < 1.29 is 8.42 Å². The predicted octanol–water partition coefficient (Wildman–Crippen LogP) is -0.000400. The molecule has 1 aliphatic heterocycles. The molecule has 0 aromatic carbocycles. The molecule has 0 radical (unpaired) electrons. The lowest BCUT2D eigenvalue weighted by Crippen LogP contribution is -2.46. The van der Waals surface area contributed by atoms with Gasteiger partial charge in [-0.05, 0) is 19.3 Å². The van der Waals surface area contributed by atoms with Crippen LogP contribution in [0.3, 0.4) is 0 Å². The highest BCUT2D eigenvalue weighted by atomic mass is 32.2. The summed E-state index contributed by atoms with van der Waals surface area (Å²) in [5, 5.41) is 3.27. The van der Waals surface area contributed by atoms with E-state index in [1.807, 2.05) is 6.92 Å². The Morgan fingerprint density at radius 2 is 2.00 bits per heavy atom. The molecule has 0 spiro atoms. The number of nitrogens with zero attached hydrogens (tertiary/aromatic N) is 1. The molecule has 1 saturated carbocycles. The van der Waals surface area contributed by atoms with Crippen LogP contribution in [0.5, 0.6) is 0 Å². The summed E-state index contributed by atoms with van der Waals surface area (Å²) in [5.74, 6) is 0.984. The first kappa shape index (κ1) is 14.2. The SMILES string of the molecule is CC(CC1CC1)NS(=O)(=O)CCN1CCNCC1. The van der Waals surface area contributed by atoms with Crippen LogP contribution in [0.4, 0.5) is 0 Å². The van der Waals surface area contributed by atoms with Crippen molar-refractivity contribution in [3.05, 3.63) is 0 Å². The van der Waals surface area contributed by atoms with E-state index in [0.29, 0.717) is 6.54 Å². The number of rotatable bonds is 7. The van der Waals surface area contributed by atoms with Gasteiger partial charge in [0.2, 0.25) is 10.0 Å². The molecule has 0 amide bonds. The van der Waals surface area contributed by atoms with E-state index in [2.05, 4.69) is 14.9 Å². The van der Waals surface area contributed by atoms with E-state index < -0.39 is 10.0 Å². The number of nitrogens with one attached hydrogen (secondary N) is 2. The van der Waals surface area contributed by atoms with Crippen molar-refractivity contribution in [3.63, 3.8) is 0 Å². The van der Waals surface area contributed by atoms with Gasteiger partial charge in [-0.15, -0.1) is 0 Å². The first-order chi connectivity index (χ1) is 8.55. The fraction of sp³-hybridized carbons (Fsp3) is 1.00. The summed E-state index contributed by atoms with van der Waals surface area (Å²) in [5.41, 5.74) is 0. The second-order valence-corrected chi connectivity index (χ2v) is 7.48. The molecular formula is C12H25N3O2S. The molecule has 2 fully saturated rings. The second kappa shape index (κ2) is 6.32. The van der Waals surface area contributed by atoms with E-state index >= 15 is 0 Å². The molecule has 1 atom stereocenters. The highest BCUT2D eigenvalue weighted by Crippen LogP contribution is 2.33. The molecule has 0 aromatic heterocycles. The molecule has 0 aromatic rings. The average molecular weight is 275 g/mol. The fourth-order valence-electron chi connectivity index (χ4n) is 2.45. The monoisotopic (exact) mass is 275 g/mol. The van der Waals surface area contributed by atoms with Crippen LogP contribution >= 0.6 is 0 Å². The van der Waals surface area contributed by atoms with Crippen LogP contribution in [0.15, 0.2) is 0 Å². The summed E-state index contributed by atoms with van der Waals surface area (Å²) in [6.45, 7) is 6.45. The van der Waals surface area contributed by atoms with Crippen LogP contribution in [0.1, 0.15) is 26.2 Å². The predicted molar refractivity (Wildman–Crippen MR) is 73.0 cm³/mol. The van der Waals surface area contributed by atoms with Crippen molar-refractivity contribution in [1.29, 1.82) is 0 Å². The normalized spacial score (nSPS) is 24.1. The molecule has 1 heterocycles. The third-order valence-electron chi connectivity index (χ3n) is 3.65. The zero-order valence-corrected chi connectivity index (χ0v) is 12.0. The third kappa shape index (κ3) is 5.22. The Hall–Kier alpha value is -0.170. The Labute approximate surface area is 110 Å². The van der Waals surface area contributed by atoms with Crippen molar-refractivity contribution in [3.8, 4) is 0 Å². The smallest absolute Gasteiger partial charge is 0.213 e. The van der Waals surface area contributed by atoms with E-state index in [0.717, 1.165) is 38.5 Å². The van der Waals surface area contributed by atoms with Gasteiger partial charge in [0.1, 0.15) is 0 Å². The van der Waals surface area contributed by atoms with E-state index in [1.54, 1.807) is 0 Å². The molecule has 1 saturated heterocycles. The van der Waals surface area contributed by atoms with Crippen molar-refractivity contribution in [1.82, 2.24) is 14.9 Å². The summed E-state index contributed by atoms with van der Waals surface area (Å²) in [4.78, 5) is 2.21. The molecule has 2 aliphatic rings. The third-order valence-corrected chi connectivity index (χ3v) is 5.13. The lowest BCUT2D eigenvalue weighted by atomic mass is 10.2. The molecule has 6 heteroatoms. The van der Waals surface area contributed by atoms with Crippen molar-refractivity contribution in [2.75, 3.05) is 38.5 Å². The zero-order chi connectivity index (χ0) is 13.0. The Kier molecular flexibility index (Phi) is 5.00. The Balaban J connectivity index is 1.68. The molecular weight excluding hydrogens is 250 g/mol. The van der Waals surface area contributed by atoms with Gasteiger partial charge < -0.3 is 5.32 Å². The molecule has 0 bridgehead atoms.